The van der Waals surface area contributed by atoms with Gasteiger partial charge in [0.05, 0.1) is 5.56 Å². The standard InChI is InChI=1S/C10H9FO3/c1-13-8-5-14-10-6(9(8)12)3-2-4-7(10)11/h2-4,8H,5H2,1H3. The van der Waals surface area contributed by atoms with Crippen LogP contribution >= 0.6 is 0 Å². The van der Waals surface area contributed by atoms with E-state index in [1.165, 1.54) is 25.3 Å². The van der Waals surface area contributed by atoms with Gasteiger partial charge in [0.1, 0.15) is 6.61 Å². The number of ketones is 1. The van der Waals surface area contributed by atoms with Crippen LogP contribution in [0.1, 0.15) is 10.4 Å². The van der Waals surface area contributed by atoms with Gasteiger partial charge in [-0.1, -0.05) is 6.07 Å². The van der Waals surface area contributed by atoms with E-state index in [0.717, 1.165) is 0 Å². The zero-order valence-corrected chi connectivity index (χ0v) is 7.62. The van der Waals surface area contributed by atoms with Crippen LogP contribution in [0.4, 0.5) is 4.39 Å². The van der Waals surface area contributed by atoms with E-state index in [2.05, 4.69) is 0 Å². The van der Waals surface area contributed by atoms with Crippen LogP contribution in [0.3, 0.4) is 0 Å². The first-order valence-electron chi connectivity index (χ1n) is 4.22. The minimum absolute atomic E-state index is 0.0331. The molecule has 1 aliphatic rings. The van der Waals surface area contributed by atoms with Crippen LogP contribution in [0.15, 0.2) is 18.2 Å². The number of methoxy groups -OCH3 is 1. The zero-order chi connectivity index (χ0) is 10.1. The Morgan fingerprint density at radius 2 is 2.36 bits per heavy atom. The Labute approximate surface area is 80.4 Å². The van der Waals surface area contributed by atoms with Crippen LogP contribution in [0.2, 0.25) is 0 Å². The summed E-state index contributed by atoms with van der Waals surface area (Å²) in [6.45, 7) is 0.0727. The van der Waals surface area contributed by atoms with Crippen LogP contribution in [0, 0.1) is 5.82 Å². The van der Waals surface area contributed by atoms with Crippen molar-refractivity contribution < 1.29 is 18.7 Å². The lowest BCUT2D eigenvalue weighted by molar-refractivity contribution is 0.0357. The van der Waals surface area contributed by atoms with Gasteiger partial charge >= 0.3 is 0 Å². The minimum atomic E-state index is -0.621. The Morgan fingerprint density at radius 3 is 3.07 bits per heavy atom. The van der Waals surface area contributed by atoms with Crippen LogP contribution in [0.5, 0.6) is 5.75 Å². The highest BCUT2D eigenvalue weighted by Crippen LogP contribution is 2.28. The van der Waals surface area contributed by atoms with Gasteiger partial charge in [-0.2, -0.15) is 0 Å². The Hall–Kier alpha value is -1.42. The molecule has 1 aliphatic heterocycles. The molecule has 1 unspecified atom stereocenters. The van der Waals surface area contributed by atoms with Gasteiger partial charge in [-0.3, -0.25) is 4.79 Å². The number of halogens is 1. The highest BCUT2D eigenvalue weighted by molar-refractivity contribution is 6.02. The number of rotatable bonds is 1. The van der Waals surface area contributed by atoms with E-state index in [0.29, 0.717) is 0 Å². The third kappa shape index (κ3) is 1.28. The molecule has 0 fully saturated rings. The fourth-order valence-electron chi connectivity index (χ4n) is 1.43. The van der Waals surface area contributed by atoms with E-state index < -0.39 is 11.9 Å². The Morgan fingerprint density at radius 1 is 1.57 bits per heavy atom. The molecule has 1 heterocycles. The predicted molar refractivity (Wildman–Crippen MR) is 47.0 cm³/mol. The summed E-state index contributed by atoms with van der Waals surface area (Å²) in [6.07, 6.45) is -0.621. The summed E-state index contributed by atoms with van der Waals surface area (Å²) < 4.78 is 23.2. The predicted octanol–water partition coefficient (Wildman–Crippen LogP) is 1.42. The summed E-state index contributed by atoms with van der Waals surface area (Å²) in [5, 5.41) is 0. The largest absolute Gasteiger partial charge is 0.487 e. The molecule has 0 N–H and O–H groups in total. The molecule has 0 saturated carbocycles. The molecule has 1 aromatic rings. The van der Waals surface area contributed by atoms with Crippen molar-refractivity contribution >= 4 is 5.78 Å². The number of benzene rings is 1. The van der Waals surface area contributed by atoms with E-state index in [1.54, 1.807) is 0 Å². The van der Waals surface area contributed by atoms with Gasteiger partial charge in [0, 0.05) is 7.11 Å². The molecule has 0 aliphatic carbocycles. The maximum Gasteiger partial charge on any atom is 0.198 e. The first-order chi connectivity index (χ1) is 6.74. The van der Waals surface area contributed by atoms with Gasteiger partial charge in [-0.05, 0) is 12.1 Å². The average Bonchev–Trinajstić information content (AvgIpc) is 2.20. The van der Waals surface area contributed by atoms with Crippen LogP contribution in [0.25, 0.3) is 0 Å². The molecule has 0 radical (unpaired) electrons. The second-order valence-electron chi connectivity index (χ2n) is 3.02. The molecule has 1 atom stereocenters. The van der Waals surface area contributed by atoms with Crippen molar-refractivity contribution in [1.82, 2.24) is 0 Å². The first kappa shape index (κ1) is 9.15. The number of fused-ring (bicyclic) bond motifs is 1. The molecule has 0 amide bonds. The Bertz CT molecular complexity index is 376. The zero-order valence-electron chi connectivity index (χ0n) is 7.62. The third-order valence-corrected chi connectivity index (χ3v) is 2.19. The second-order valence-corrected chi connectivity index (χ2v) is 3.02. The quantitative estimate of drug-likeness (QED) is 0.681. The number of carbonyl (C=O) groups excluding carboxylic acids is 1. The Balaban J connectivity index is 2.46. The summed E-state index contributed by atoms with van der Waals surface area (Å²) in [5.41, 5.74) is 0.253. The lowest BCUT2D eigenvalue weighted by Gasteiger charge is -2.22. The lowest BCUT2D eigenvalue weighted by Crippen LogP contribution is -2.34. The Kier molecular flexibility index (Phi) is 2.21. The number of ether oxygens (including phenoxy) is 2. The molecule has 74 valence electrons. The maximum absolute atomic E-state index is 13.2. The van der Waals surface area contributed by atoms with Gasteiger partial charge in [0.25, 0.3) is 0 Å². The maximum atomic E-state index is 13.2. The molecule has 0 aromatic heterocycles. The van der Waals surface area contributed by atoms with Crippen LogP contribution in [-0.4, -0.2) is 25.6 Å². The first-order valence-corrected chi connectivity index (χ1v) is 4.22. The van der Waals surface area contributed by atoms with E-state index in [-0.39, 0.29) is 23.7 Å². The van der Waals surface area contributed by atoms with Crippen molar-refractivity contribution in [2.75, 3.05) is 13.7 Å². The van der Waals surface area contributed by atoms with Crippen molar-refractivity contribution in [3.05, 3.63) is 29.6 Å². The molecule has 0 saturated heterocycles. The molecule has 0 bridgehead atoms. The molecular weight excluding hydrogens is 187 g/mol. The fraction of sp³-hybridized carbons (Fsp3) is 0.300. The van der Waals surface area contributed by atoms with Crippen molar-refractivity contribution in [1.29, 1.82) is 0 Å². The molecule has 2 rings (SSSR count). The van der Waals surface area contributed by atoms with Crippen molar-refractivity contribution in [3.8, 4) is 5.75 Å². The number of Topliss-reactive ketones (excluding diaryl/α,β-unsaturated/α-hetero) is 1. The van der Waals surface area contributed by atoms with Gasteiger partial charge < -0.3 is 9.47 Å². The summed E-state index contributed by atoms with van der Waals surface area (Å²) in [7, 11) is 1.43. The smallest absolute Gasteiger partial charge is 0.198 e. The molecule has 1 aromatic carbocycles. The average molecular weight is 196 g/mol. The van der Waals surface area contributed by atoms with E-state index in [4.69, 9.17) is 9.47 Å². The van der Waals surface area contributed by atoms with E-state index in [1.807, 2.05) is 0 Å². The SMILES string of the molecule is COC1COc2c(F)cccc2C1=O. The van der Waals surface area contributed by atoms with Gasteiger partial charge in [-0.15, -0.1) is 0 Å². The summed E-state index contributed by atoms with van der Waals surface area (Å²) >= 11 is 0. The van der Waals surface area contributed by atoms with Crippen molar-refractivity contribution in [3.63, 3.8) is 0 Å². The third-order valence-electron chi connectivity index (χ3n) is 2.19. The van der Waals surface area contributed by atoms with Crippen molar-refractivity contribution in [2.24, 2.45) is 0 Å². The molecule has 3 nitrogen and oxygen atoms in total. The van der Waals surface area contributed by atoms with Crippen LogP contribution < -0.4 is 4.74 Å². The second kappa shape index (κ2) is 3.38. The minimum Gasteiger partial charge on any atom is -0.487 e. The van der Waals surface area contributed by atoms with Crippen molar-refractivity contribution in [2.45, 2.75) is 6.10 Å². The van der Waals surface area contributed by atoms with E-state index >= 15 is 0 Å². The number of hydrogen-bond donors (Lipinski definition) is 0. The fourth-order valence-corrected chi connectivity index (χ4v) is 1.43. The van der Waals surface area contributed by atoms with Gasteiger partial charge in [0.2, 0.25) is 0 Å². The highest BCUT2D eigenvalue weighted by atomic mass is 19.1. The molecule has 0 spiro atoms. The highest BCUT2D eigenvalue weighted by Gasteiger charge is 2.30. The summed E-state index contributed by atoms with van der Waals surface area (Å²) in [5.74, 6) is -0.704. The van der Waals surface area contributed by atoms with E-state index in [9.17, 15) is 9.18 Å². The normalized spacial score (nSPS) is 20.1. The van der Waals surface area contributed by atoms with Gasteiger partial charge in [-0.25, -0.2) is 4.39 Å². The number of para-hydroxylation sites is 1. The topological polar surface area (TPSA) is 35.5 Å². The molecule has 14 heavy (non-hydrogen) atoms. The lowest BCUT2D eigenvalue weighted by atomic mass is 10.0. The molecular formula is C10H9FO3. The molecule has 4 heteroatoms. The number of hydrogen-bond acceptors (Lipinski definition) is 3. The number of carbonyl (C=O) groups is 1. The summed E-state index contributed by atoms with van der Waals surface area (Å²) in [4.78, 5) is 11.6. The monoisotopic (exact) mass is 196 g/mol. The van der Waals surface area contributed by atoms with Gasteiger partial charge in [0.15, 0.2) is 23.5 Å². The van der Waals surface area contributed by atoms with Crippen LogP contribution in [-0.2, 0) is 4.74 Å². The summed E-state index contributed by atoms with van der Waals surface area (Å²) in [6, 6.07) is 4.28.